The van der Waals surface area contributed by atoms with Crippen molar-refractivity contribution < 1.29 is 38.1 Å². The van der Waals surface area contributed by atoms with Crippen molar-refractivity contribution in [1.29, 1.82) is 0 Å². The first kappa shape index (κ1) is 36.0. The fourth-order valence-electron chi connectivity index (χ4n) is 5.46. The van der Waals surface area contributed by atoms with E-state index in [1.165, 1.54) is 13.2 Å². The highest BCUT2D eigenvalue weighted by Gasteiger charge is 2.48. The average Bonchev–Trinajstić information content (AvgIpc) is 3.83. The minimum absolute atomic E-state index is 0.0228. The van der Waals surface area contributed by atoms with Gasteiger partial charge in [0.2, 0.25) is 11.8 Å². The van der Waals surface area contributed by atoms with Gasteiger partial charge in [-0.05, 0) is 55.5 Å². The standard InChI is InChI=1S/C36H45ClN2O8/c1-21(2)17-29-34(42)45-27(22(3)31-32(47-31)24-11-8-7-9-12-24)13-10-14-30(40)39-26(19-23-15-16-28(44-6)25(37)18-23)33(41)38-20-36(4,5)35(43)46-29/h7-12,14-16,18,21-22,26-27,29,31-32H,13,17,19-20H2,1-6H3,(H,38,41)(H,39,40)/b14-10+/t22?,26-,27+,29+,31-,32?/m1/s1. The number of carbonyl (C=O) groups is 4. The Labute approximate surface area is 281 Å². The second kappa shape index (κ2) is 15.8. The van der Waals surface area contributed by atoms with Crippen LogP contribution in [-0.4, -0.2) is 61.8 Å². The number of carbonyl (C=O) groups excluding carboxylic acids is 4. The highest BCUT2D eigenvalue weighted by Crippen LogP contribution is 2.45. The first-order valence-corrected chi connectivity index (χ1v) is 16.4. The van der Waals surface area contributed by atoms with E-state index in [2.05, 4.69) is 10.6 Å². The molecular formula is C36H45ClN2O8. The van der Waals surface area contributed by atoms with Gasteiger partial charge in [-0.25, -0.2) is 4.79 Å². The van der Waals surface area contributed by atoms with Crippen LogP contribution in [0, 0.1) is 17.3 Å². The van der Waals surface area contributed by atoms with E-state index >= 15 is 0 Å². The fraction of sp³-hybridized carbons (Fsp3) is 0.500. The van der Waals surface area contributed by atoms with Crippen molar-refractivity contribution in [2.75, 3.05) is 13.7 Å². The summed E-state index contributed by atoms with van der Waals surface area (Å²) in [5.74, 6) is -2.06. The molecule has 6 atom stereocenters. The van der Waals surface area contributed by atoms with Gasteiger partial charge in [0.15, 0.2) is 6.10 Å². The Kier molecular flexibility index (Phi) is 12.1. The minimum Gasteiger partial charge on any atom is -0.495 e. The molecule has 0 aromatic heterocycles. The summed E-state index contributed by atoms with van der Waals surface area (Å²) in [4.78, 5) is 53.6. The second-order valence-electron chi connectivity index (χ2n) is 13.3. The van der Waals surface area contributed by atoms with Crippen molar-refractivity contribution in [2.45, 2.75) is 84.3 Å². The van der Waals surface area contributed by atoms with Gasteiger partial charge in [0, 0.05) is 25.3 Å². The van der Waals surface area contributed by atoms with Gasteiger partial charge in [0.05, 0.1) is 23.7 Å². The molecule has 2 N–H and O–H groups in total. The number of esters is 2. The number of cyclic esters (lactones) is 2. The fourth-order valence-corrected chi connectivity index (χ4v) is 5.75. The molecule has 2 aromatic carbocycles. The number of ether oxygens (including phenoxy) is 4. The number of nitrogens with one attached hydrogen (secondary N) is 2. The summed E-state index contributed by atoms with van der Waals surface area (Å²) >= 11 is 6.32. The SMILES string of the molecule is COc1ccc(C[C@H]2NC(=O)/C=C/C[C@@H](C(C)[C@H]3OC3c3ccccc3)OC(=O)[C@H](CC(C)C)OC(=O)C(C)(C)CNC2=O)cc1Cl. The number of amides is 2. The van der Waals surface area contributed by atoms with Crippen LogP contribution in [-0.2, 0) is 39.8 Å². The van der Waals surface area contributed by atoms with Gasteiger partial charge in [-0.3, -0.25) is 14.4 Å². The molecule has 2 heterocycles. The minimum atomic E-state index is -1.20. The van der Waals surface area contributed by atoms with Crippen molar-refractivity contribution >= 4 is 35.4 Å². The van der Waals surface area contributed by atoms with Gasteiger partial charge in [-0.1, -0.05) is 74.8 Å². The normalized spacial score (nSPS) is 26.8. The lowest BCUT2D eigenvalue weighted by Gasteiger charge is -2.29. The van der Waals surface area contributed by atoms with E-state index < -0.39 is 47.4 Å². The third kappa shape index (κ3) is 9.81. The molecule has 47 heavy (non-hydrogen) atoms. The summed E-state index contributed by atoms with van der Waals surface area (Å²) in [6, 6.07) is 13.9. The van der Waals surface area contributed by atoms with Crippen molar-refractivity contribution in [3.8, 4) is 5.75 Å². The van der Waals surface area contributed by atoms with Crippen LogP contribution < -0.4 is 15.4 Å². The molecule has 10 nitrogen and oxygen atoms in total. The maximum absolute atomic E-state index is 13.6. The summed E-state index contributed by atoms with van der Waals surface area (Å²) in [7, 11) is 1.51. The van der Waals surface area contributed by atoms with E-state index in [9.17, 15) is 19.2 Å². The smallest absolute Gasteiger partial charge is 0.347 e. The van der Waals surface area contributed by atoms with Crippen molar-refractivity contribution in [1.82, 2.24) is 10.6 Å². The maximum atomic E-state index is 13.6. The predicted octanol–water partition coefficient (Wildman–Crippen LogP) is 5.12. The topological polar surface area (TPSA) is 133 Å². The van der Waals surface area contributed by atoms with Gasteiger partial charge in [-0.2, -0.15) is 0 Å². The monoisotopic (exact) mass is 668 g/mol. The lowest BCUT2D eigenvalue weighted by molar-refractivity contribution is -0.179. The van der Waals surface area contributed by atoms with Crippen LogP contribution >= 0.6 is 11.6 Å². The summed E-state index contributed by atoms with van der Waals surface area (Å²) in [5.41, 5.74) is 0.524. The van der Waals surface area contributed by atoms with E-state index in [4.69, 9.17) is 30.5 Å². The quantitative estimate of drug-likeness (QED) is 0.293. The molecule has 11 heteroatoms. The van der Waals surface area contributed by atoms with E-state index in [1.54, 1.807) is 38.1 Å². The highest BCUT2D eigenvalue weighted by molar-refractivity contribution is 6.32. The Morgan fingerprint density at radius 3 is 2.40 bits per heavy atom. The molecule has 0 radical (unpaired) electrons. The molecule has 2 aliphatic heterocycles. The molecule has 2 amide bonds. The zero-order valence-electron chi connectivity index (χ0n) is 27.8. The summed E-state index contributed by atoms with van der Waals surface area (Å²) in [6.07, 6.45) is 1.34. The molecule has 0 spiro atoms. The highest BCUT2D eigenvalue weighted by atomic mass is 35.5. The molecule has 254 valence electrons. The number of methoxy groups -OCH3 is 1. The van der Waals surface area contributed by atoms with Crippen LogP contribution in [0.25, 0.3) is 0 Å². The molecule has 1 saturated heterocycles. The lowest BCUT2D eigenvalue weighted by Crippen LogP contribution is -2.51. The van der Waals surface area contributed by atoms with E-state index in [-0.39, 0.29) is 49.9 Å². The van der Waals surface area contributed by atoms with Gasteiger partial charge in [-0.15, -0.1) is 0 Å². The summed E-state index contributed by atoms with van der Waals surface area (Å²) < 4.78 is 23.1. The predicted molar refractivity (Wildman–Crippen MR) is 177 cm³/mol. The lowest BCUT2D eigenvalue weighted by atomic mass is 9.92. The van der Waals surface area contributed by atoms with Gasteiger partial charge in [0.25, 0.3) is 0 Å². The molecule has 2 aliphatic rings. The molecule has 2 aromatic rings. The summed E-state index contributed by atoms with van der Waals surface area (Å²) in [5, 5.41) is 5.91. The van der Waals surface area contributed by atoms with Crippen LogP contribution in [0.15, 0.2) is 60.7 Å². The molecule has 0 saturated carbocycles. The summed E-state index contributed by atoms with van der Waals surface area (Å²) in [6.45, 7) is 8.92. The van der Waals surface area contributed by atoms with E-state index in [1.807, 2.05) is 51.1 Å². The largest absolute Gasteiger partial charge is 0.495 e. The molecule has 2 unspecified atom stereocenters. The molecule has 1 fully saturated rings. The van der Waals surface area contributed by atoms with Crippen LogP contribution in [0.4, 0.5) is 0 Å². The zero-order chi connectivity index (χ0) is 34.3. The Hall–Kier alpha value is -3.89. The van der Waals surface area contributed by atoms with Crippen molar-refractivity contribution in [3.05, 3.63) is 76.8 Å². The van der Waals surface area contributed by atoms with E-state index in [0.717, 1.165) is 5.56 Å². The Morgan fingerprint density at radius 1 is 1.02 bits per heavy atom. The van der Waals surface area contributed by atoms with Gasteiger partial charge < -0.3 is 29.6 Å². The third-order valence-electron chi connectivity index (χ3n) is 8.41. The van der Waals surface area contributed by atoms with Crippen LogP contribution in [0.5, 0.6) is 5.75 Å². The van der Waals surface area contributed by atoms with Gasteiger partial charge in [0.1, 0.15) is 24.0 Å². The number of benzene rings is 2. The number of halogens is 1. The molecular weight excluding hydrogens is 624 g/mol. The van der Waals surface area contributed by atoms with E-state index in [0.29, 0.717) is 16.3 Å². The first-order valence-electron chi connectivity index (χ1n) is 16.0. The average molecular weight is 669 g/mol. The number of rotatable bonds is 8. The number of epoxide rings is 1. The number of hydrogen-bond acceptors (Lipinski definition) is 8. The van der Waals surface area contributed by atoms with Crippen LogP contribution in [0.2, 0.25) is 5.02 Å². The number of hydrogen-bond donors (Lipinski definition) is 2. The van der Waals surface area contributed by atoms with Crippen molar-refractivity contribution in [3.63, 3.8) is 0 Å². The van der Waals surface area contributed by atoms with Crippen molar-refractivity contribution in [2.24, 2.45) is 17.3 Å². The Bertz CT molecular complexity index is 1460. The molecule has 4 rings (SSSR count). The van der Waals surface area contributed by atoms with Crippen LogP contribution in [0.1, 0.15) is 64.7 Å². The third-order valence-corrected chi connectivity index (χ3v) is 8.70. The Morgan fingerprint density at radius 2 is 1.74 bits per heavy atom. The van der Waals surface area contributed by atoms with Gasteiger partial charge >= 0.3 is 11.9 Å². The second-order valence-corrected chi connectivity index (χ2v) is 13.7. The first-order chi connectivity index (χ1) is 22.3. The molecule has 0 aliphatic carbocycles. The Balaban J connectivity index is 1.61. The molecule has 0 bridgehead atoms. The maximum Gasteiger partial charge on any atom is 0.347 e. The zero-order valence-corrected chi connectivity index (χ0v) is 28.5. The van der Waals surface area contributed by atoms with Crippen LogP contribution in [0.3, 0.4) is 0 Å².